The Balaban J connectivity index is 0.623. The summed E-state index contributed by atoms with van der Waals surface area (Å²) >= 11 is 0. The fraction of sp³-hybridized carbons (Fsp3) is 0.0652. The first kappa shape index (κ1) is 52.4. The van der Waals surface area contributed by atoms with E-state index < -0.39 is 10.8 Å². The third-order valence-corrected chi connectivity index (χ3v) is 22.1. The van der Waals surface area contributed by atoms with E-state index in [1.165, 1.54) is 178 Å². The predicted octanol–water partition coefficient (Wildman–Crippen LogP) is 23.3. The Labute approximate surface area is 542 Å². The Kier molecular flexibility index (Phi) is 10.8. The summed E-state index contributed by atoms with van der Waals surface area (Å²) in [6.07, 6.45) is 4.47. The Bertz CT molecular complexity index is 5690. The quantitative estimate of drug-likeness (QED) is 0.146. The standard InChI is InChI=1S/C92H61N/c1-56-28-44-72-73-46-40-63(53-86(73)91(84(72)50-56)79-23-11-5-17-67(79)68-18-6-12-24-80(68)91)64-41-47-75-74-45-39-62(52-85(74)92(87(75)54-64)81-25-13-7-19-69(81)70-20-8-14-26-82(70)92)60-37-33-58(34-38-60)30-29-57-31-35-59(36-32-57)61-42-49-89-77(51-61)76-21-9-15-27-88(76)93(89)65-43-48-71-66-16-4-10-22-78(66)90(2,3)83(71)55-65/h4-55H,1-3H3. The second kappa shape index (κ2) is 19.1. The van der Waals surface area contributed by atoms with E-state index in [0.29, 0.717) is 0 Å². The Morgan fingerprint density at radius 1 is 0.247 bits per heavy atom. The van der Waals surface area contributed by atoms with Crippen LogP contribution in [-0.4, -0.2) is 4.57 Å². The van der Waals surface area contributed by atoms with Crippen LogP contribution in [0.2, 0.25) is 0 Å². The molecule has 1 heterocycles. The number of nitrogens with zero attached hydrogens (tertiary/aromatic N) is 1. The molecule has 5 aliphatic carbocycles. The zero-order valence-electron chi connectivity index (χ0n) is 52.0. The number of fused-ring (bicyclic) bond motifs is 26. The molecule has 0 N–H and O–H groups in total. The lowest BCUT2D eigenvalue weighted by molar-refractivity contribution is 0.660. The number of benzene rings is 14. The average Bonchev–Trinajstić information content (AvgIpc) is 1.51. The van der Waals surface area contributed by atoms with Crippen molar-refractivity contribution in [3.8, 4) is 94.7 Å². The van der Waals surface area contributed by atoms with Crippen molar-refractivity contribution in [1.29, 1.82) is 0 Å². The number of aromatic nitrogens is 1. The van der Waals surface area contributed by atoms with E-state index in [0.717, 1.165) is 11.1 Å². The maximum absolute atomic E-state index is 2.55. The highest BCUT2D eigenvalue weighted by atomic mass is 15.0. The molecule has 0 saturated carbocycles. The van der Waals surface area contributed by atoms with Crippen LogP contribution in [0.15, 0.2) is 303 Å². The zero-order chi connectivity index (χ0) is 61.5. The second-order valence-corrected chi connectivity index (χ2v) is 27.1. The molecule has 1 nitrogen and oxygen atoms in total. The van der Waals surface area contributed by atoms with E-state index in [1.807, 2.05) is 0 Å². The van der Waals surface area contributed by atoms with Gasteiger partial charge in [0.05, 0.1) is 21.9 Å². The van der Waals surface area contributed by atoms with Gasteiger partial charge in [0.25, 0.3) is 0 Å². The van der Waals surface area contributed by atoms with Gasteiger partial charge < -0.3 is 4.57 Å². The van der Waals surface area contributed by atoms with Gasteiger partial charge in [-0.25, -0.2) is 0 Å². The molecule has 0 unspecified atom stereocenters. The van der Waals surface area contributed by atoms with Crippen LogP contribution in [0.1, 0.15) is 86.2 Å². The van der Waals surface area contributed by atoms with Crippen LogP contribution in [0.3, 0.4) is 0 Å². The molecule has 14 aromatic carbocycles. The van der Waals surface area contributed by atoms with Crippen LogP contribution in [0.25, 0.3) is 129 Å². The molecule has 20 rings (SSSR count). The van der Waals surface area contributed by atoms with Gasteiger partial charge >= 0.3 is 0 Å². The largest absolute Gasteiger partial charge is 0.309 e. The lowest BCUT2D eigenvalue weighted by Gasteiger charge is -2.31. The van der Waals surface area contributed by atoms with Gasteiger partial charge in [-0.15, -0.1) is 0 Å². The van der Waals surface area contributed by atoms with Crippen LogP contribution in [-0.2, 0) is 16.2 Å². The first-order valence-corrected chi connectivity index (χ1v) is 32.9. The molecular weight excluding hydrogens is 1120 g/mol. The van der Waals surface area contributed by atoms with Crippen molar-refractivity contribution in [2.75, 3.05) is 0 Å². The normalized spacial score (nSPS) is 14.6. The van der Waals surface area contributed by atoms with Crippen LogP contribution in [0, 0.1) is 6.92 Å². The van der Waals surface area contributed by atoms with Crippen molar-refractivity contribution in [2.24, 2.45) is 0 Å². The first-order valence-electron chi connectivity index (χ1n) is 32.9. The average molecular weight is 1180 g/mol. The predicted molar refractivity (Wildman–Crippen MR) is 387 cm³/mol. The second-order valence-electron chi connectivity index (χ2n) is 27.1. The maximum atomic E-state index is 2.55. The Morgan fingerprint density at radius 2 is 0.591 bits per heavy atom. The first-order chi connectivity index (χ1) is 45.7. The summed E-state index contributed by atoms with van der Waals surface area (Å²) < 4.78 is 2.45. The summed E-state index contributed by atoms with van der Waals surface area (Å²) in [6, 6.07) is 116. The fourth-order valence-electron chi connectivity index (χ4n) is 18.0. The lowest BCUT2D eigenvalue weighted by atomic mass is 9.69. The van der Waals surface area contributed by atoms with E-state index >= 15 is 0 Å². The van der Waals surface area contributed by atoms with Gasteiger partial charge in [0, 0.05) is 21.9 Å². The monoisotopic (exact) mass is 1180 g/mol. The number of hydrogen-bond donors (Lipinski definition) is 0. The molecule has 15 aromatic rings. The molecule has 0 aliphatic heterocycles. The van der Waals surface area contributed by atoms with Crippen LogP contribution < -0.4 is 0 Å². The van der Waals surface area contributed by atoms with Crippen molar-refractivity contribution in [2.45, 2.75) is 37.0 Å². The summed E-state index contributed by atoms with van der Waals surface area (Å²) in [5.74, 6) is 0. The number of aryl methyl sites for hydroxylation is 1. The summed E-state index contributed by atoms with van der Waals surface area (Å²) in [7, 11) is 0. The van der Waals surface area contributed by atoms with Crippen LogP contribution >= 0.6 is 0 Å². The molecule has 1 aromatic heterocycles. The number of hydrogen-bond acceptors (Lipinski definition) is 0. The summed E-state index contributed by atoms with van der Waals surface area (Å²) in [4.78, 5) is 0. The molecule has 1 heteroatoms. The summed E-state index contributed by atoms with van der Waals surface area (Å²) in [5.41, 5.74) is 40.4. The van der Waals surface area contributed by atoms with Gasteiger partial charge in [-0.2, -0.15) is 0 Å². The third-order valence-electron chi connectivity index (χ3n) is 22.1. The SMILES string of the molecule is Cc1ccc2c(c1)C1(c3ccccc3-c3ccccc31)c1cc(-c3ccc4c(c3)C3(c5ccccc5-c5ccccc53)c3cc(-c5ccc(C=Cc6ccc(-c7ccc8c(c7)c7ccccc7n8-c7ccc8c(c7)C(C)(C)c7ccccc7-8)cc6)cc5)ccc3-4)ccc1-2. The highest BCUT2D eigenvalue weighted by Crippen LogP contribution is 2.66. The van der Waals surface area contributed by atoms with Gasteiger partial charge in [0.1, 0.15) is 0 Å². The smallest absolute Gasteiger partial charge is 0.0725 e. The van der Waals surface area contributed by atoms with E-state index in [4.69, 9.17) is 0 Å². The highest BCUT2D eigenvalue weighted by Gasteiger charge is 2.54. The number of para-hydroxylation sites is 1. The van der Waals surface area contributed by atoms with Gasteiger partial charge in [-0.1, -0.05) is 286 Å². The molecule has 0 saturated heterocycles. The molecule has 0 amide bonds. The molecule has 434 valence electrons. The molecule has 0 radical (unpaired) electrons. The van der Waals surface area contributed by atoms with E-state index in [1.54, 1.807) is 0 Å². The van der Waals surface area contributed by atoms with Crippen molar-refractivity contribution in [1.82, 2.24) is 4.57 Å². The molecule has 0 fully saturated rings. The zero-order valence-corrected chi connectivity index (χ0v) is 52.0. The van der Waals surface area contributed by atoms with E-state index in [-0.39, 0.29) is 5.41 Å². The topological polar surface area (TPSA) is 4.93 Å². The molecule has 0 bridgehead atoms. The highest BCUT2D eigenvalue weighted by molar-refractivity contribution is 6.11. The van der Waals surface area contributed by atoms with Crippen molar-refractivity contribution >= 4 is 34.0 Å². The minimum atomic E-state index is -0.515. The Hall–Kier alpha value is -11.4. The van der Waals surface area contributed by atoms with E-state index in [2.05, 4.69) is 341 Å². The lowest BCUT2D eigenvalue weighted by Crippen LogP contribution is -2.26. The molecule has 0 atom stereocenters. The minimum Gasteiger partial charge on any atom is -0.309 e. The summed E-state index contributed by atoms with van der Waals surface area (Å²) in [5, 5.41) is 2.52. The maximum Gasteiger partial charge on any atom is 0.0725 e. The van der Waals surface area contributed by atoms with Crippen LogP contribution in [0.4, 0.5) is 0 Å². The van der Waals surface area contributed by atoms with Crippen molar-refractivity contribution < 1.29 is 0 Å². The molecule has 5 aliphatic rings. The van der Waals surface area contributed by atoms with E-state index in [9.17, 15) is 0 Å². The number of rotatable bonds is 6. The minimum absolute atomic E-state index is 0.0710. The molecular formula is C92H61N. The molecule has 2 spiro atoms. The van der Waals surface area contributed by atoms with Crippen molar-refractivity contribution in [3.63, 3.8) is 0 Å². The third kappa shape index (κ3) is 7.06. The van der Waals surface area contributed by atoms with Crippen LogP contribution in [0.5, 0.6) is 0 Å². The van der Waals surface area contributed by atoms with Gasteiger partial charge in [0.2, 0.25) is 0 Å². The molecule has 93 heavy (non-hydrogen) atoms. The van der Waals surface area contributed by atoms with Crippen molar-refractivity contribution in [3.05, 3.63) is 376 Å². The van der Waals surface area contributed by atoms with Gasteiger partial charge in [0.15, 0.2) is 0 Å². The van der Waals surface area contributed by atoms with Gasteiger partial charge in [-0.3, -0.25) is 0 Å². The fourth-order valence-corrected chi connectivity index (χ4v) is 18.0. The van der Waals surface area contributed by atoms with Gasteiger partial charge in [-0.05, 0) is 211 Å². The summed E-state index contributed by atoms with van der Waals surface area (Å²) in [6.45, 7) is 6.96. The Morgan fingerprint density at radius 3 is 1.10 bits per heavy atom.